The zero-order valence-corrected chi connectivity index (χ0v) is 11.4. The predicted molar refractivity (Wildman–Crippen MR) is 74.0 cm³/mol. The van der Waals surface area contributed by atoms with Gasteiger partial charge in [0.1, 0.15) is 0 Å². The minimum absolute atomic E-state index is 0.00489. The third-order valence-corrected chi connectivity index (χ3v) is 4.35. The third-order valence-electron chi connectivity index (χ3n) is 4.35. The number of nitrogens with one attached hydrogen (secondary N) is 1. The molecule has 0 aromatic heterocycles. The molecule has 3 nitrogen and oxygen atoms in total. The fourth-order valence-electron chi connectivity index (χ4n) is 3.27. The van der Waals surface area contributed by atoms with Gasteiger partial charge in [0.05, 0.1) is 5.92 Å². The molecule has 102 valence electrons. The van der Waals surface area contributed by atoms with Gasteiger partial charge in [-0.1, -0.05) is 38.3 Å². The molecule has 1 saturated carbocycles. The van der Waals surface area contributed by atoms with E-state index in [1.54, 1.807) is 0 Å². The Balaban J connectivity index is 1.63. The molecule has 18 heavy (non-hydrogen) atoms. The summed E-state index contributed by atoms with van der Waals surface area (Å²) in [7, 11) is 0. The molecule has 2 aliphatic carbocycles. The first-order valence-corrected chi connectivity index (χ1v) is 7.36. The van der Waals surface area contributed by atoms with Crippen molar-refractivity contribution >= 4 is 5.91 Å². The number of nitrogens with two attached hydrogens (primary N) is 1. The van der Waals surface area contributed by atoms with Gasteiger partial charge in [-0.2, -0.15) is 0 Å². The van der Waals surface area contributed by atoms with E-state index in [0.717, 1.165) is 31.2 Å². The number of carbonyl (C=O) groups is 1. The maximum absolute atomic E-state index is 11.9. The van der Waals surface area contributed by atoms with Gasteiger partial charge in [0.2, 0.25) is 5.91 Å². The average molecular weight is 250 g/mol. The smallest absolute Gasteiger partial charge is 0.226 e. The molecule has 0 spiro atoms. The van der Waals surface area contributed by atoms with Crippen LogP contribution in [0.5, 0.6) is 0 Å². The molecule has 4 atom stereocenters. The Hall–Kier alpha value is -0.830. The normalized spacial score (nSPS) is 35.7. The Morgan fingerprint density at radius 3 is 2.83 bits per heavy atom. The highest BCUT2D eigenvalue weighted by Crippen LogP contribution is 2.30. The van der Waals surface area contributed by atoms with E-state index < -0.39 is 0 Å². The molecule has 3 heteroatoms. The Kier molecular flexibility index (Phi) is 4.81. The highest BCUT2D eigenvalue weighted by atomic mass is 16.1. The van der Waals surface area contributed by atoms with Crippen LogP contribution < -0.4 is 11.1 Å². The first-order valence-electron chi connectivity index (χ1n) is 7.36. The quantitative estimate of drug-likeness (QED) is 0.752. The van der Waals surface area contributed by atoms with Crippen molar-refractivity contribution in [3.8, 4) is 0 Å². The predicted octanol–water partition coefficient (Wildman–Crippen LogP) is 2.22. The fraction of sp³-hybridized carbons (Fsp3) is 0.800. The van der Waals surface area contributed by atoms with Gasteiger partial charge < -0.3 is 11.1 Å². The minimum Gasteiger partial charge on any atom is -0.356 e. The van der Waals surface area contributed by atoms with Crippen LogP contribution in [-0.2, 0) is 4.79 Å². The van der Waals surface area contributed by atoms with Crippen LogP contribution in [0.4, 0.5) is 0 Å². The van der Waals surface area contributed by atoms with Crippen LogP contribution in [-0.4, -0.2) is 18.5 Å². The summed E-state index contributed by atoms with van der Waals surface area (Å²) in [4.78, 5) is 11.9. The van der Waals surface area contributed by atoms with Crippen LogP contribution in [0.2, 0.25) is 0 Å². The maximum atomic E-state index is 11.9. The molecule has 1 fully saturated rings. The Labute approximate surface area is 110 Å². The number of amides is 1. The molecule has 2 rings (SSSR count). The summed E-state index contributed by atoms with van der Waals surface area (Å²) < 4.78 is 0. The van der Waals surface area contributed by atoms with Gasteiger partial charge in [-0.05, 0) is 31.1 Å². The summed E-state index contributed by atoms with van der Waals surface area (Å²) in [6.45, 7) is 3.17. The van der Waals surface area contributed by atoms with E-state index >= 15 is 0 Å². The fourth-order valence-corrected chi connectivity index (χ4v) is 3.27. The summed E-state index contributed by atoms with van der Waals surface area (Å²) in [6, 6.07) is 0.0694. The van der Waals surface area contributed by atoms with E-state index in [9.17, 15) is 4.79 Å². The van der Waals surface area contributed by atoms with Gasteiger partial charge in [-0.25, -0.2) is 0 Å². The Bertz CT molecular complexity index is 314. The molecular weight excluding hydrogens is 224 g/mol. The van der Waals surface area contributed by atoms with E-state index in [-0.39, 0.29) is 17.9 Å². The monoisotopic (exact) mass is 250 g/mol. The van der Waals surface area contributed by atoms with Crippen molar-refractivity contribution in [2.75, 3.05) is 6.54 Å². The van der Waals surface area contributed by atoms with Gasteiger partial charge >= 0.3 is 0 Å². The first kappa shape index (κ1) is 13.6. The molecule has 0 aromatic rings. The molecule has 0 heterocycles. The zero-order valence-electron chi connectivity index (χ0n) is 11.4. The minimum atomic E-state index is 0.00489. The summed E-state index contributed by atoms with van der Waals surface area (Å²) in [5.74, 6) is 1.85. The third kappa shape index (κ3) is 3.84. The molecule has 0 aliphatic heterocycles. The van der Waals surface area contributed by atoms with Crippen molar-refractivity contribution in [3.63, 3.8) is 0 Å². The number of carbonyl (C=O) groups excluding carboxylic acids is 1. The Morgan fingerprint density at radius 2 is 2.17 bits per heavy atom. The average Bonchev–Trinajstić information content (AvgIpc) is 2.76. The van der Waals surface area contributed by atoms with E-state index in [1.165, 1.54) is 25.7 Å². The standard InChI is InChI=1S/C15H26N2O/c1-11-3-2-4-12(9-11)7-8-17-15(18)13-5-6-14(16)10-13/h5-6,11-14H,2-4,7-10,16H2,1H3,(H,17,18). The second-order valence-corrected chi connectivity index (χ2v) is 6.11. The maximum Gasteiger partial charge on any atom is 0.226 e. The van der Waals surface area contributed by atoms with E-state index in [1.807, 2.05) is 12.2 Å². The van der Waals surface area contributed by atoms with Crippen molar-refractivity contribution < 1.29 is 4.79 Å². The first-order chi connectivity index (χ1) is 8.65. The van der Waals surface area contributed by atoms with Crippen LogP contribution >= 0.6 is 0 Å². The molecule has 1 amide bonds. The van der Waals surface area contributed by atoms with Crippen LogP contribution in [0.15, 0.2) is 12.2 Å². The van der Waals surface area contributed by atoms with Crippen LogP contribution in [0.3, 0.4) is 0 Å². The largest absolute Gasteiger partial charge is 0.356 e. The lowest BCUT2D eigenvalue weighted by Crippen LogP contribution is -2.32. The van der Waals surface area contributed by atoms with Crippen LogP contribution in [0, 0.1) is 17.8 Å². The number of hydrogen-bond donors (Lipinski definition) is 2. The second-order valence-electron chi connectivity index (χ2n) is 6.11. The molecule has 0 radical (unpaired) electrons. The Morgan fingerprint density at radius 1 is 1.33 bits per heavy atom. The summed E-state index contributed by atoms with van der Waals surface area (Å²) in [5, 5.41) is 3.06. The van der Waals surface area contributed by atoms with Crippen LogP contribution in [0.1, 0.15) is 45.4 Å². The summed E-state index contributed by atoms with van der Waals surface area (Å²) in [5.41, 5.74) is 5.76. The van der Waals surface area contributed by atoms with Gasteiger partial charge in [0, 0.05) is 12.6 Å². The number of rotatable bonds is 4. The lowest BCUT2D eigenvalue weighted by Gasteiger charge is -2.26. The second kappa shape index (κ2) is 6.37. The molecular formula is C15H26N2O. The zero-order chi connectivity index (χ0) is 13.0. The van der Waals surface area contributed by atoms with Gasteiger partial charge in [-0.15, -0.1) is 0 Å². The van der Waals surface area contributed by atoms with E-state index in [4.69, 9.17) is 5.73 Å². The van der Waals surface area contributed by atoms with Gasteiger partial charge in [0.15, 0.2) is 0 Å². The molecule has 3 N–H and O–H groups in total. The van der Waals surface area contributed by atoms with Gasteiger partial charge in [-0.3, -0.25) is 4.79 Å². The summed E-state index contributed by atoms with van der Waals surface area (Å²) >= 11 is 0. The highest BCUT2D eigenvalue weighted by molar-refractivity contribution is 5.81. The van der Waals surface area contributed by atoms with E-state index in [0.29, 0.717) is 0 Å². The summed E-state index contributed by atoms with van der Waals surface area (Å²) in [6.07, 6.45) is 11.2. The highest BCUT2D eigenvalue weighted by Gasteiger charge is 2.23. The van der Waals surface area contributed by atoms with Crippen LogP contribution in [0.25, 0.3) is 0 Å². The molecule has 0 saturated heterocycles. The topological polar surface area (TPSA) is 55.1 Å². The van der Waals surface area contributed by atoms with Crippen molar-refractivity contribution in [1.29, 1.82) is 0 Å². The van der Waals surface area contributed by atoms with Crippen molar-refractivity contribution in [2.45, 2.75) is 51.5 Å². The molecule has 2 aliphatic rings. The van der Waals surface area contributed by atoms with Crippen molar-refractivity contribution in [1.82, 2.24) is 5.32 Å². The van der Waals surface area contributed by atoms with Gasteiger partial charge in [0.25, 0.3) is 0 Å². The lowest BCUT2D eigenvalue weighted by molar-refractivity contribution is -0.123. The van der Waals surface area contributed by atoms with Crippen molar-refractivity contribution in [3.05, 3.63) is 12.2 Å². The molecule has 0 aromatic carbocycles. The molecule has 0 bridgehead atoms. The number of hydrogen-bond acceptors (Lipinski definition) is 2. The SMILES string of the molecule is CC1CCCC(CCNC(=O)C2C=CC(N)C2)C1. The molecule has 4 unspecified atom stereocenters. The van der Waals surface area contributed by atoms with E-state index in [2.05, 4.69) is 12.2 Å². The van der Waals surface area contributed by atoms with Crippen molar-refractivity contribution in [2.24, 2.45) is 23.5 Å². The lowest BCUT2D eigenvalue weighted by atomic mass is 9.81.